The number of benzene rings is 2. The fraction of sp³-hybridized carbons (Fsp3) is 0.261. The number of ketones is 1. The first kappa shape index (κ1) is 20.7. The number of rotatable bonds is 6. The van der Waals surface area contributed by atoms with Gasteiger partial charge in [-0.3, -0.25) is 9.59 Å². The molecule has 3 aromatic rings. The minimum atomic E-state index is -1.02. The topological polar surface area (TPSA) is 72.6 Å². The number of Topliss-reactive ketones (excluding diaryl/α,β-unsaturated/α-hetero) is 1. The highest BCUT2D eigenvalue weighted by Crippen LogP contribution is 2.23. The Bertz CT molecular complexity index is 1080. The lowest BCUT2D eigenvalue weighted by atomic mass is 9.90. The third kappa shape index (κ3) is 4.79. The molecule has 2 aromatic carbocycles. The van der Waals surface area contributed by atoms with Gasteiger partial charge in [0.1, 0.15) is 12.4 Å². The van der Waals surface area contributed by atoms with E-state index in [0.29, 0.717) is 18.7 Å². The van der Waals surface area contributed by atoms with E-state index >= 15 is 0 Å². The molecular formula is C23H20F2N2O4. The number of hydrogen-bond acceptors (Lipinski definition) is 5. The van der Waals surface area contributed by atoms with Gasteiger partial charge in [0.2, 0.25) is 0 Å². The van der Waals surface area contributed by atoms with Crippen LogP contribution < -0.4 is 4.74 Å². The number of hydrogen-bond donors (Lipinski definition) is 0. The summed E-state index contributed by atoms with van der Waals surface area (Å²) in [6.45, 7) is 0.755. The quantitative estimate of drug-likeness (QED) is 0.551. The molecule has 8 heteroatoms. The second kappa shape index (κ2) is 9.07. The fourth-order valence-electron chi connectivity index (χ4n) is 3.58. The summed E-state index contributed by atoms with van der Waals surface area (Å²) in [5.41, 5.74) is 0.747. The highest BCUT2D eigenvalue weighted by Gasteiger charge is 2.30. The van der Waals surface area contributed by atoms with E-state index in [4.69, 9.17) is 9.26 Å². The molecule has 1 aromatic heterocycles. The summed E-state index contributed by atoms with van der Waals surface area (Å²) < 4.78 is 36.7. The number of amides is 1. The number of nitrogens with zero attached hydrogens (tertiary/aromatic N) is 2. The van der Waals surface area contributed by atoms with E-state index in [1.165, 1.54) is 12.1 Å². The number of piperidine rings is 1. The predicted octanol–water partition coefficient (Wildman–Crippen LogP) is 4.27. The second-order valence-electron chi connectivity index (χ2n) is 7.36. The van der Waals surface area contributed by atoms with Crippen LogP contribution in [0.1, 0.15) is 39.4 Å². The van der Waals surface area contributed by atoms with Crippen molar-refractivity contribution < 1.29 is 27.6 Å². The van der Waals surface area contributed by atoms with Crippen molar-refractivity contribution >= 4 is 11.7 Å². The summed E-state index contributed by atoms with van der Waals surface area (Å²) in [6.07, 6.45) is 1.45. The number of ether oxygens (including phenoxy) is 1. The van der Waals surface area contributed by atoms with E-state index in [2.05, 4.69) is 5.16 Å². The maximum atomic E-state index is 13.3. The average Bonchev–Trinajstić information content (AvgIpc) is 3.28. The van der Waals surface area contributed by atoms with Crippen LogP contribution in [0.5, 0.6) is 5.75 Å². The summed E-state index contributed by atoms with van der Waals surface area (Å²) in [7, 11) is 0. The molecule has 1 aliphatic rings. The molecule has 4 rings (SSSR count). The van der Waals surface area contributed by atoms with Crippen molar-refractivity contribution in [1.29, 1.82) is 0 Å². The van der Waals surface area contributed by atoms with E-state index in [1.807, 2.05) is 18.2 Å². The Morgan fingerprint density at radius 2 is 1.90 bits per heavy atom. The Hall–Kier alpha value is -3.55. The number of halogens is 2. The Kier molecular flexibility index (Phi) is 6.06. The van der Waals surface area contributed by atoms with Crippen LogP contribution in [0.15, 0.2) is 59.1 Å². The minimum Gasteiger partial charge on any atom is -0.485 e. The van der Waals surface area contributed by atoms with Crippen LogP contribution in [-0.2, 0) is 6.61 Å². The second-order valence-corrected chi connectivity index (χ2v) is 7.36. The lowest BCUT2D eigenvalue weighted by Gasteiger charge is -2.31. The maximum Gasteiger partial charge on any atom is 0.276 e. The molecule has 0 unspecified atom stereocenters. The third-order valence-electron chi connectivity index (χ3n) is 5.19. The molecule has 1 aliphatic heterocycles. The van der Waals surface area contributed by atoms with Gasteiger partial charge in [-0.2, -0.15) is 0 Å². The molecule has 6 nitrogen and oxygen atoms in total. The van der Waals surface area contributed by atoms with Crippen LogP contribution in [0.25, 0.3) is 0 Å². The van der Waals surface area contributed by atoms with Crippen molar-refractivity contribution in [3.8, 4) is 5.75 Å². The van der Waals surface area contributed by atoms with E-state index in [1.54, 1.807) is 17.0 Å². The minimum absolute atomic E-state index is 0.0267. The molecule has 0 bridgehead atoms. The summed E-state index contributed by atoms with van der Waals surface area (Å²) in [4.78, 5) is 27.2. The fourth-order valence-corrected chi connectivity index (χ4v) is 3.58. The summed E-state index contributed by atoms with van der Waals surface area (Å²) in [5, 5.41) is 3.80. The third-order valence-corrected chi connectivity index (χ3v) is 5.19. The van der Waals surface area contributed by atoms with E-state index < -0.39 is 11.6 Å². The first-order chi connectivity index (χ1) is 15.0. The lowest BCUT2D eigenvalue weighted by molar-refractivity contribution is 0.0628. The van der Waals surface area contributed by atoms with E-state index in [-0.39, 0.29) is 41.4 Å². The Morgan fingerprint density at radius 1 is 1.10 bits per heavy atom. The van der Waals surface area contributed by atoms with Crippen LogP contribution >= 0.6 is 0 Å². The molecule has 0 spiro atoms. The van der Waals surface area contributed by atoms with Crippen LogP contribution in [-0.4, -0.2) is 34.8 Å². The highest BCUT2D eigenvalue weighted by atomic mass is 19.2. The van der Waals surface area contributed by atoms with Gasteiger partial charge in [0.15, 0.2) is 28.9 Å². The Morgan fingerprint density at radius 3 is 2.68 bits per heavy atom. The summed E-state index contributed by atoms with van der Waals surface area (Å²) in [6, 6.07) is 13.7. The van der Waals surface area contributed by atoms with Crippen LogP contribution in [0.4, 0.5) is 8.78 Å². The van der Waals surface area contributed by atoms with E-state index in [9.17, 15) is 18.4 Å². The first-order valence-corrected chi connectivity index (χ1v) is 9.93. The zero-order chi connectivity index (χ0) is 21.8. The van der Waals surface area contributed by atoms with Gasteiger partial charge in [0.25, 0.3) is 5.91 Å². The molecule has 0 aliphatic carbocycles. The average molecular weight is 426 g/mol. The van der Waals surface area contributed by atoms with Crippen molar-refractivity contribution in [2.75, 3.05) is 13.1 Å². The highest BCUT2D eigenvalue weighted by molar-refractivity contribution is 5.99. The Labute approximate surface area is 177 Å². The van der Waals surface area contributed by atoms with Crippen molar-refractivity contribution in [2.45, 2.75) is 19.4 Å². The zero-order valence-corrected chi connectivity index (χ0v) is 16.6. The van der Waals surface area contributed by atoms with Crippen molar-refractivity contribution in [2.24, 2.45) is 5.92 Å². The van der Waals surface area contributed by atoms with Crippen molar-refractivity contribution in [3.63, 3.8) is 0 Å². The normalized spacial score (nSPS) is 16.2. The van der Waals surface area contributed by atoms with Crippen LogP contribution in [0, 0.1) is 17.6 Å². The molecule has 0 N–H and O–H groups in total. The van der Waals surface area contributed by atoms with Gasteiger partial charge in [0, 0.05) is 36.7 Å². The van der Waals surface area contributed by atoms with Gasteiger partial charge >= 0.3 is 0 Å². The van der Waals surface area contributed by atoms with Gasteiger partial charge in [-0.25, -0.2) is 8.78 Å². The molecule has 160 valence electrons. The SMILES string of the molecule is O=C(c1ccccc1)[C@H]1CCCN(C(=O)c2cc(COc3ccc(F)c(F)c3)on2)C1. The number of carbonyl (C=O) groups excluding carboxylic acids is 2. The molecule has 31 heavy (non-hydrogen) atoms. The summed E-state index contributed by atoms with van der Waals surface area (Å²) >= 11 is 0. The number of likely N-dealkylation sites (tertiary alicyclic amines) is 1. The van der Waals surface area contributed by atoms with Crippen molar-refractivity contribution in [1.82, 2.24) is 10.1 Å². The van der Waals surface area contributed by atoms with Gasteiger partial charge < -0.3 is 14.2 Å². The predicted molar refractivity (Wildman–Crippen MR) is 107 cm³/mol. The largest absolute Gasteiger partial charge is 0.485 e. The standard InChI is InChI=1S/C23H20F2N2O4/c24-19-9-8-17(11-20(19)25)30-14-18-12-21(26-31-18)23(29)27-10-4-7-16(13-27)22(28)15-5-2-1-3-6-15/h1-3,5-6,8-9,11-12,16H,4,7,10,13-14H2/t16-/m0/s1. The van der Waals surface area contributed by atoms with Gasteiger partial charge in [-0.05, 0) is 25.0 Å². The molecule has 1 amide bonds. The lowest BCUT2D eigenvalue weighted by Crippen LogP contribution is -2.42. The molecule has 1 atom stereocenters. The first-order valence-electron chi connectivity index (χ1n) is 9.93. The summed E-state index contributed by atoms with van der Waals surface area (Å²) in [5.74, 6) is -2.15. The Balaban J connectivity index is 1.37. The number of carbonyl (C=O) groups is 2. The molecule has 0 saturated carbocycles. The van der Waals surface area contributed by atoms with Crippen LogP contribution in [0.3, 0.4) is 0 Å². The molecule has 1 saturated heterocycles. The van der Waals surface area contributed by atoms with E-state index in [0.717, 1.165) is 25.0 Å². The molecule has 2 heterocycles. The molecule has 0 radical (unpaired) electrons. The molecular weight excluding hydrogens is 406 g/mol. The zero-order valence-electron chi connectivity index (χ0n) is 16.6. The van der Waals surface area contributed by atoms with Gasteiger partial charge in [0.05, 0.1) is 0 Å². The van der Waals surface area contributed by atoms with Crippen molar-refractivity contribution in [3.05, 3.63) is 83.2 Å². The monoisotopic (exact) mass is 426 g/mol. The molecule has 1 fully saturated rings. The number of aromatic nitrogens is 1. The maximum absolute atomic E-state index is 13.3. The van der Waals surface area contributed by atoms with Gasteiger partial charge in [-0.15, -0.1) is 0 Å². The van der Waals surface area contributed by atoms with Crippen LogP contribution in [0.2, 0.25) is 0 Å². The van der Waals surface area contributed by atoms with Gasteiger partial charge in [-0.1, -0.05) is 35.5 Å². The smallest absolute Gasteiger partial charge is 0.276 e.